The Bertz CT molecular complexity index is 992. The van der Waals surface area contributed by atoms with Crippen molar-refractivity contribution in [1.29, 1.82) is 0 Å². The third-order valence-electron chi connectivity index (χ3n) is 5.04. The zero-order valence-electron chi connectivity index (χ0n) is 14.1. The second-order valence-electron chi connectivity index (χ2n) is 6.83. The van der Waals surface area contributed by atoms with E-state index in [1.165, 1.54) is 16.7 Å². The van der Waals surface area contributed by atoms with Gasteiger partial charge in [0.2, 0.25) is 0 Å². The van der Waals surface area contributed by atoms with Crippen molar-refractivity contribution >= 4 is 5.69 Å². The van der Waals surface area contributed by atoms with E-state index in [1.807, 2.05) is 25.3 Å². The predicted octanol–water partition coefficient (Wildman–Crippen LogP) is 5.91. The molecule has 0 saturated heterocycles. The summed E-state index contributed by atoms with van der Waals surface area (Å²) >= 11 is 0. The molecule has 1 aliphatic carbocycles. The molecule has 0 fully saturated rings. The van der Waals surface area contributed by atoms with Gasteiger partial charge in [0, 0.05) is 17.2 Å². The number of fused-ring (bicyclic) bond motifs is 3. The number of aromatic nitrogens is 1. The van der Waals surface area contributed by atoms with E-state index >= 15 is 0 Å². The van der Waals surface area contributed by atoms with Crippen LogP contribution < -0.4 is 0 Å². The molecule has 0 bridgehead atoms. The maximum Gasteiger partial charge on any atom is 0.194 e. The molecule has 1 aromatic heterocycles. The lowest BCUT2D eigenvalue weighted by molar-refractivity contribution is 0.664. The Kier molecular flexibility index (Phi) is 3.08. The van der Waals surface area contributed by atoms with Gasteiger partial charge in [-0.05, 0) is 46.9 Å². The Hall–Kier alpha value is -2.92. The first kappa shape index (κ1) is 14.7. The van der Waals surface area contributed by atoms with Crippen molar-refractivity contribution in [3.05, 3.63) is 82.8 Å². The lowest BCUT2D eigenvalue weighted by Gasteiger charge is -2.25. The van der Waals surface area contributed by atoms with E-state index in [0.29, 0.717) is 0 Å². The van der Waals surface area contributed by atoms with Crippen molar-refractivity contribution in [3.8, 4) is 22.4 Å². The van der Waals surface area contributed by atoms with Crippen LogP contribution in [0.15, 0.2) is 54.7 Å². The number of aryl methyl sites for hydroxylation is 1. The summed E-state index contributed by atoms with van der Waals surface area (Å²) in [7, 11) is 0. The lowest BCUT2D eigenvalue weighted by atomic mass is 9.78. The van der Waals surface area contributed by atoms with E-state index < -0.39 is 0 Å². The molecule has 2 heteroatoms. The van der Waals surface area contributed by atoms with Crippen LogP contribution >= 0.6 is 0 Å². The number of nitrogens with zero attached hydrogens (tertiary/aromatic N) is 2. The molecule has 4 rings (SSSR count). The van der Waals surface area contributed by atoms with Crippen LogP contribution in [0, 0.1) is 13.5 Å². The summed E-state index contributed by atoms with van der Waals surface area (Å²) in [6.07, 6.45) is 1.83. The fourth-order valence-electron chi connectivity index (χ4n) is 4.01. The molecule has 0 radical (unpaired) electrons. The SMILES string of the molecule is [C-]#[N+]c1c(C)ccc2c1C(C)(C)c1c(-c3ccccn3)cccc1-2. The van der Waals surface area contributed by atoms with Crippen molar-refractivity contribution in [2.75, 3.05) is 0 Å². The van der Waals surface area contributed by atoms with Crippen LogP contribution in [0.3, 0.4) is 0 Å². The lowest BCUT2D eigenvalue weighted by Crippen LogP contribution is -2.17. The highest BCUT2D eigenvalue weighted by molar-refractivity contribution is 5.91. The van der Waals surface area contributed by atoms with Gasteiger partial charge in [-0.1, -0.05) is 50.2 Å². The average Bonchev–Trinajstić information content (AvgIpc) is 2.84. The highest BCUT2D eigenvalue weighted by atomic mass is 14.7. The maximum atomic E-state index is 7.67. The molecule has 0 spiro atoms. The van der Waals surface area contributed by atoms with E-state index in [2.05, 4.69) is 60.1 Å². The zero-order valence-corrected chi connectivity index (χ0v) is 14.1. The molecular weight excluding hydrogens is 292 g/mol. The molecular formula is C22H18N2. The summed E-state index contributed by atoms with van der Waals surface area (Å²) in [4.78, 5) is 8.41. The summed E-state index contributed by atoms with van der Waals surface area (Å²) in [6, 6.07) is 16.6. The minimum atomic E-state index is -0.218. The van der Waals surface area contributed by atoms with E-state index in [-0.39, 0.29) is 5.41 Å². The van der Waals surface area contributed by atoms with Gasteiger partial charge in [-0.3, -0.25) is 4.98 Å². The molecule has 2 nitrogen and oxygen atoms in total. The van der Waals surface area contributed by atoms with Crippen molar-refractivity contribution in [1.82, 2.24) is 4.98 Å². The Morgan fingerprint density at radius 2 is 1.62 bits per heavy atom. The molecule has 0 amide bonds. The summed E-state index contributed by atoms with van der Waals surface area (Å²) in [6.45, 7) is 14.1. The molecule has 0 atom stereocenters. The molecule has 0 unspecified atom stereocenters. The van der Waals surface area contributed by atoms with Gasteiger partial charge in [0.25, 0.3) is 0 Å². The average molecular weight is 310 g/mol. The molecule has 1 aliphatic rings. The first-order valence-corrected chi connectivity index (χ1v) is 8.12. The van der Waals surface area contributed by atoms with Gasteiger partial charge in [0.15, 0.2) is 5.69 Å². The fourth-order valence-corrected chi connectivity index (χ4v) is 4.01. The second-order valence-corrected chi connectivity index (χ2v) is 6.83. The summed E-state index contributed by atoms with van der Waals surface area (Å²) in [5, 5.41) is 0. The molecule has 1 heterocycles. The number of benzene rings is 2. The first-order valence-electron chi connectivity index (χ1n) is 8.12. The molecule has 0 N–H and O–H groups in total. The van der Waals surface area contributed by atoms with Crippen LogP contribution in [0.25, 0.3) is 27.2 Å². The first-order chi connectivity index (χ1) is 11.6. The summed E-state index contributed by atoms with van der Waals surface area (Å²) in [5.74, 6) is 0. The van der Waals surface area contributed by atoms with Crippen LogP contribution in [-0.2, 0) is 5.41 Å². The van der Waals surface area contributed by atoms with Crippen LogP contribution in [0.5, 0.6) is 0 Å². The minimum absolute atomic E-state index is 0.218. The second kappa shape index (κ2) is 5.04. The van der Waals surface area contributed by atoms with Gasteiger partial charge in [-0.15, -0.1) is 0 Å². The standard InChI is InChI=1S/C22H18N2/c1-14-11-12-16-15-8-7-9-17(18-10-5-6-13-24-18)19(15)22(2,3)20(16)21(14)23-4/h5-13H,1-3H3. The van der Waals surface area contributed by atoms with Crippen molar-refractivity contribution < 1.29 is 0 Å². The molecule has 116 valence electrons. The molecule has 2 aromatic carbocycles. The third-order valence-corrected chi connectivity index (χ3v) is 5.04. The molecule has 0 saturated carbocycles. The van der Waals surface area contributed by atoms with Crippen molar-refractivity contribution in [2.24, 2.45) is 0 Å². The Balaban J connectivity index is 2.09. The smallest absolute Gasteiger partial charge is 0.194 e. The number of hydrogen-bond acceptors (Lipinski definition) is 1. The van der Waals surface area contributed by atoms with Gasteiger partial charge in [-0.2, -0.15) is 0 Å². The monoisotopic (exact) mass is 310 g/mol. The van der Waals surface area contributed by atoms with Crippen molar-refractivity contribution in [2.45, 2.75) is 26.2 Å². The third kappa shape index (κ3) is 1.85. The van der Waals surface area contributed by atoms with Crippen LogP contribution in [-0.4, -0.2) is 4.98 Å². The number of rotatable bonds is 1. The Morgan fingerprint density at radius 3 is 2.33 bits per heavy atom. The van der Waals surface area contributed by atoms with Crippen molar-refractivity contribution in [3.63, 3.8) is 0 Å². The van der Waals surface area contributed by atoms with E-state index in [9.17, 15) is 0 Å². The molecule has 3 aromatic rings. The maximum absolute atomic E-state index is 7.67. The van der Waals surface area contributed by atoms with Crippen LogP contribution in [0.2, 0.25) is 0 Å². The van der Waals surface area contributed by atoms with Gasteiger partial charge >= 0.3 is 0 Å². The Morgan fingerprint density at radius 1 is 0.875 bits per heavy atom. The highest BCUT2D eigenvalue weighted by Crippen LogP contribution is 2.55. The van der Waals surface area contributed by atoms with Gasteiger partial charge in [0.1, 0.15) is 0 Å². The molecule has 0 aliphatic heterocycles. The predicted molar refractivity (Wildman–Crippen MR) is 98.2 cm³/mol. The van der Waals surface area contributed by atoms with E-state index in [1.54, 1.807) is 0 Å². The summed E-state index contributed by atoms with van der Waals surface area (Å²) < 4.78 is 0. The van der Waals surface area contributed by atoms with Gasteiger partial charge in [-0.25, -0.2) is 4.85 Å². The topological polar surface area (TPSA) is 17.2 Å². The van der Waals surface area contributed by atoms with Crippen LogP contribution in [0.4, 0.5) is 5.69 Å². The van der Waals surface area contributed by atoms with E-state index in [4.69, 9.17) is 6.57 Å². The largest absolute Gasteiger partial charge is 0.256 e. The normalized spacial score (nSPS) is 13.9. The fraction of sp³-hybridized carbons (Fsp3) is 0.182. The van der Waals surface area contributed by atoms with E-state index in [0.717, 1.165) is 28.1 Å². The highest BCUT2D eigenvalue weighted by Gasteiger charge is 2.39. The number of pyridine rings is 1. The summed E-state index contributed by atoms with van der Waals surface area (Å²) in [5.41, 5.74) is 8.59. The Labute approximate surface area is 142 Å². The van der Waals surface area contributed by atoms with Gasteiger partial charge in [0.05, 0.1) is 12.3 Å². The van der Waals surface area contributed by atoms with Gasteiger partial charge < -0.3 is 0 Å². The molecule has 24 heavy (non-hydrogen) atoms. The minimum Gasteiger partial charge on any atom is -0.256 e. The quantitative estimate of drug-likeness (QED) is 0.510. The zero-order chi connectivity index (χ0) is 16.9. The van der Waals surface area contributed by atoms with Crippen LogP contribution in [0.1, 0.15) is 30.5 Å². The number of hydrogen-bond donors (Lipinski definition) is 0.